The van der Waals surface area contributed by atoms with E-state index in [1.807, 2.05) is 0 Å². The van der Waals surface area contributed by atoms with Crippen molar-refractivity contribution in [2.24, 2.45) is 0 Å². The molecule has 3 aromatic rings. The first-order valence-electron chi connectivity index (χ1n) is 9.24. The Kier molecular flexibility index (Phi) is 7.19. The van der Waals surface area contributed by atoms with E-state index in [9.17, 15) is 19.5 Å². The number of anilines is 1. The molecule has 0 bridgehead atoms. The second-order valence-corrected chi connectivity index (χ2v) is 7.36. The Balaban J connectivity index is 1.95. The minimum atomic E-state index is -1.18. The van der Waals surface area contributed by atoms with Gasteiger partial charge in [0, 0.05) is 17.5 Å². The van der Waals surface area contributed by atoms with Crippen LogP contribution in [0.1, 0.15) is 20.7 Å². The fourth-order valence-corrected chi connectivity index (χ4v) is 3.74. The van der Waals surface area contributed by atoms with Gasteiger partial charge in [-0.3, -0.25) is 14.4 Å². The maximum Gasteiger partial charge on any atom is 0.335 e. The number of aromatic carboxylic acids is 1. The van der Waals surface area contributed by atoms with E-state index in [0.29, 0.717) is 15.8 Å². The summed E-state index contributed by atoms with van der Waals surface area (Å²) < 4.78 is 5.66. The molecule has 166 valence electrons. The van der Waals surface area contributed by atoms with Crippen LogP contribution >= 0.6 is 23.2 Å². The predicted octanol–water partition coefficient (Wildman–Crippen LogP) is 4.18. The van der Waals surface area contributed by atoms with Crippen LogP contribution in [0.4, 0.5) is 5.69 Å². The van der Waals surface area contributed by atoms with Gasteiger partial charge in [0.25, 0.3) is 11.8 Å². The smallest absolute Gasteiger partial charge is 0.335 e. The molecular weight excluding hydrogens is 459 g/mol. The van der Waals surface area contributed by atoms with Gasteiger partial charge in [-0.2, -0.15) is 5.06 Å². The number of nitrogens with one attached hydrogen (secondary N) is 1. The lowest BCUT2D eigenvalue weighted by Crippen LogP contribution is -2.36. The van der Waals surface area contributed by atoms with Crippen LogP contribution in [0.25, 0.3) is 10.8 Å². The lowest BCUT2D eigenvalue weighted by atomic mass is 10.1. The van der Waals surface area contributed by atoms with Gasteiger partial charge in [-0.15, -0.1) is 0 Å². The summed E-state index contributed by atoms with van der Waals surface area (Å²) in [6.45, 7) is -0.521. The molecule has 2 N–H and O–H groups in total. The number of fused-ring (bicyclic) bond motifs is 1. The maximum atomic E-state index is 12.9. The van der Waals surface area contributed by atoms with Gasteiger partial charge in [0.2, 0.25) is 0 Å². The molecule has 0 aliphatic heterocycles. The molecule has 0 aromatic heterocycles. The third-order valence-electron chi connectivity index (χ3n) is 4.53. The molecular formula is C22H18Cl2N2O6. The first kappa shape index (κ1) is 23.3. The monoisotopic (exact) mass is 476 g/mol. The normalized spacial score (nSPS) is 10.6. The van der Waals surface area contributed by atoms with Gasteiger partial charge in [-0.05, 0) is 41.8 Å². The molecule has 3 aromatic carbocycles. The van der Waals surface area contributed by atoms with Crippen LogP contribution in [0.2, 0.25) is 10.0 Å². The fraction of sp³-hybridized carbons (Fsp3) is 0.136. The number of ether oxygens (including phenoxy) is 1. The molecule has 10 heteroatoms. The largest absolute Gasteiger partial charge is 0.483 e. The van der Waals surface area contributed by atoms with E-state index in [1.54, 1.807) is 30.3 Å². The van der Waals surface area contributed by atoms with Crippen molar-refractivity contribution in [3.05, 3.63) is 69.7 Å². The van der Waals surface area contributed by atoms with E-state index in [0.717, 1.165) is 5.06 Å². The zero-order valence-electron chi connectivity index (χ0n) is 17.0. The average Bonchev–Trinajstić information content (AvgIpc) is 2.77. The van der Waals surface area contributed by atoms with Crippen LogP contribution in [-0.4, -0.2) is 43.7 Å². The number of nitrogens with zero attached hydrogens (tertiary/aromatic N) is 1. The van der Waals surface area contributed by atoms with E-state index < -0.39 is 24.4 Å². The highest BCUT2D eigenvalue weighted by Crippen LogP contribution is 2.36. The number of hydrogen-bond acceptors (Lipinski definition) is 5. The van der Waals surface area contributed by atoms with Crippen LogP contribution < -0.4 is 15.1 Å². The van der Waals surface area contributed by atoms with Crippen LogP contribution in [0.3, 0.4) is 0 Å². The number of carboxylic acids is 1. The quantitative estimate of drug-likeness (QED) is 0.495. The van der Waals surface area contributed by atoms with E-state index >= 15 is 0 Å². The predicted molar refractivity (Wildman–Crippen MR) is 121 cm³/mol. The highest BCUT2D eigenvalue weighted by molar-refractivity contribution is 6.39. The Morgan fingerprint density at radius 3 is 2.47 bits per heavy atom. The summed E-state index contributed by atoms with van der Waals surface area (Å²) in [5.41, 5.74) is 0.380. The molecule has 0 saturated heterocycles. The lowest BCUT2D eigenvalue weighted by Gasteiger charge is -2.22. The summed E-state index contributed by atoms with van der Waals surface area (Å²) in [4.78, 5) is 41.7. The van der Waals surface area contributed by atoms with E-state index in [4.69, 9.17) is 32.8 Å². The van der Waals surface area contributed by atoms with Crippen LogP contribution in [-0.2, 0) is 9.63 Å². The van der Waals surface area contributed by atoms with Crippen molar-refractivity contribution in [1.82, 2.24) is 5.32 Å². The van der Waals surface area contributed by atoms with Gasteiger partial charge in [-0.1, -0.05) is 35.3 Å². The number of halogens is 2. The zero-order chi connectivity index (χ0) is 23.4. The molecule has 0 radical (unpaired) electrons. The first-order valence-corrected chi connectivity index (χ1v) is 9.99. The number of benzene rings is 3. The summed E-state index contributed by atoms with van der Waals surface area (Å²) in [5.74, 6) is -2.13. The van der Waals surface area contributed by atoms with Crippen molar-refractivity contribution >= 4 is 57.4 Å². The van der Waals surface area contributed by atoms with Gasteiger partial charge in [0.1, 0.15) is 5.75 Å². The Hall–Kier alpha value is -3.33. The van der Waals surface area contributed by atoms with Gasteiger partial charge in [-0.25, -0.2) is 4.79 Å². The Morgan fingerprint density at radius 1 is 1.09 bits per heavy atom. The molecule has 8 nitrogen and oxygen atoms in total. The highest BCUT2D eigenvalue weighted by atomic mass is 35.5. The molecule has 0 unspecified atom stereocenters. The highest BCUT2D eigenvalue weighted by Gasteiger charge is 2.23. The lowest BCUT2D eigenvalue weighted by molar-refractivity contribution is -0.126. The molecule has 0 heterocycles. The topological polar surface area (TPSA) is 105 Å². The van der Waals surface area contributed by atoms with Crippen molar-refractivity contribution < 1.29 is 29.1 Å². The molecule has 0 aliphatic carbocycles. The Morgan fingerprint density at radius 2 is 1.81 bits per heavy atom. The van der Waals surface area contributed by atoms with Crippen molar-refractivity contribution in [1.29, 1.82) is 0 Å². The number of para-hydroxylation sites is 1. The van der Waals surface area contributed by atoms with Crippen molar-refractivity contribution in [3.8, 4) is 5.75 Å². The van der Waals surface area contributed by atoms with Gasteiger partial charge in [0.15, 0.2) is 6.61 Å². The Bertz CT molecular complexity index is 1210. The van der Waals surface area contributed by atoms with Crippen LogP contribution in [0.15, 0.2) is 48.5 Å². The Labute approximate surface area is 193 Å². The summed E-state index contributed by atoms with van der Waals surface area (Å²) in [7, 11) is 2.75. The van der Waals surface area contributed by atoms with Gasteiger partial charge in [0.05, 0.1) is 28.9 Å². The summed E-state index contributed by atoms with van der Waals surface area (Å²) in [6, 6.07) is 12.1. The number of amides is 2. The minimum Gasteiger partial charge on any atom is -0.483 e. The van der Waals surface area contributed by atoms with Crippen LogP contribution in [0.5, 0.6) is 5.75 Å². The molecule has 0 spiro atoms. The summed E-state index contributed by atoms with van der Waals surface area (Å²) in [6.07, 6.45) is 0. The first-order chi connectivity index (χ1) is 15.3. The molecule has 3 rings (SSSR count). The third kappa shape index (κ3) is 4.77. The molecule has 32 heavy (non-hydrogen) atoms. The number of carboxylic acid groups (broad SMARTS) is 1. The minimum absolute atomic E-state index is 0.0631. The van der Waals surface area contributed by atoms with E-state index in [1.165, 1.54) is 32.4 Å². The second-order valence-electron chi connectivity index (χ2n) is 6.52. The molecule has 0 saturated carbocycles. The number of carbonyl (C=O) groups is 3. The number of hydrogen-bond donors (Lipinski definition) is 2. The molecule has 0 atom stereocenters. The van der Waals surface area contributed by atoms with Crippen molar-refractivity contribution in [2.45, 2.75) is 0 Å². The molecule has 2 amide bonds. The van der Waals surface area contributed by atoms with Crippen molar-refractivity contribution in [3.63, 3.8) is 0 Å². The molecule has 0 aliphatic rings. The van der Waals surface area contributed by atoms with Gasteiger partial charge < -0.3 is 15.2 Å². The van der Waals surface area contributed by atoms with Crippen molar-refractivity contribution in [2.75, 3.05) is 25.8 Å². The van der Waals surface area contributed by atoms with E-state index in [2.05, 4.69) is 5.32 Å². The standard InChI is InChI=1S/C22H18Cl2N2O6/c1-25-21(28)15-5-3-4-6-17(15)26(31-2)19(27)11-32-18-9-13(22(29)30)7-12-8-14(23)10-16(24)20(12)18/h3-10H,11H2,1-2H3,(H,25,28)(H,29,30). The van der Waals surface area contributed by atoms with Crippen LogP contribution in [0, 0.1) is 0 Å². The second kappa shape index (κ2) is 9.86. The number of rotatable bonds is 7. The number of carbonyl (C=O) groups excluding carboxylic acids is 2. The number of hydroxylamine groups is 1. The molecule has 0 fully saturated rings. The third-order valence-corrected chi connectivity index (χ3v) is 5.05. The summed E-state index contributed by atoms with van der Waals surface area (Å²) in [5, 5.41) is 14.2. The zero-order valence-corrected chi connectivity index (χ0v) is 18.5. The SMILES string of the molecule is CNC(=O)c1ccccc1N(OC)C(=O)COc1cc(C(=O)O)cc2cc(Cl)cc(Cl)c12. The maximum absolute atomic E-state index is 12.9. The average molecular weight is 477 g/mol. The van der Waals surface area contributed by atoms with Gasteiger partial charge >= 0.3 is 5.97 Å². The summed E-state index contributed by atoms with van der Waals surface area (Å²) >= 11 is 12.3. The fourth-order valence-electron chi connectivity index (χ4n) is 3.14. The van der Waals surface area contributed by atoms with E-state index in [-0.39, 0.29) is 27.6 Å².